The minimum atomic E-state index is -3.98. The molecule has 1 aliphatic rings. The van der Waals surface area contributed by atoms with E-state index in [9.17, 15) is 13.2 Å². The summed E-state index contributed by atoms with van der Waals surface area (Å²) < 4.78 is 47.9. The smallest absolute Gasteiger partial charge is 0.271 e. The second kappa shape index (κ2) is 11.6. The lowest BCUT2D eigenvalue weighted by atomic mass is 9.76. The Balaban J connectivity index is 1.77. The monoisotopic (exact) mass is 564 g/mol. The highest BCUT2D eigenvalue weighted by atomic mass is 32.2. The highest BCUT2D eigenvalue weighted by Crippen LogP contribution is 2.50. The van der Waals surface area contributed by atoms with Gasteiger partial charge in [-0.3, -0.25) is 4.79 Å². The molecule has 3 aromatic rings. The topological polar surface area (TPSA) is 91.3 Å². The maximum absolute atomic E-state index is 15.8. The second-order valence-electron chi connectivity index (χ2n) is 9.79. The van der Waals surface area contributed by atoms with Crippen LogP contribution in [0.4, 0.5) is 10.1 Å². The summed E-state index contributed by atoms with van der Waals surface area (Å²) >= 11 is 0. The van der Waals surface area contributed by atoms with Gasteiger partial charge in [0.2, 0.25) is 10.0 Å². The van der Waals surface area contributed by atoms with Crippen LogP contribution in [0.15, 0.2) is 88.5 Å². The molecule has 0 spiro atoms. The van der Waals surface area contributed by atoms with Gasteiger partial charge >= 0.3 is 0 Å². The minimum absolute atomic E-state index is 0.169. The number of sulfonamides is 1. The van der Waals surface area contributed by atoms with Gasteiger partial charge in [0, 0.05) is 49.2 Å². The summed E-state index contributed by atoms with van der Waals surface area (Å²) in [6, 6.07) is 18.9. The first kappa shape index (κ1) is 29.0. The molecule has 210 valence electrons. The van der Waals surface area contributed by atoms with Crippen LogP contribution < -0.4 is 15.1 Å². The molecule has 0 aliphatic carbocycles. The van der Waals surface area contributed by atoms with Crippen LogP contribution in [0.25, 0.3) is 0 Å². The molecule has 1 unspecified atom stereocenters. The van der Waals surface area contributed by atoms with Gasteiger partial charge in [0.15, 0.2) is 0 Å². The van der Waals surface area contributed by atoms with E-state index in [2.05, 4.69) is 15.4 Å². The standard InChI is InChI=1S/C30H33FN4O4S/c1-6-35-25-16-15-23(39-5)19-24(25)30(2,20-22-13-10-14-26(28(22)31)40(37,38)34(3)4)27(35)17-18-32-33-29(36)21-11-8-7-9-12-21/h7-19H,6,20H2,1-5H3,(H,33,36)/b27-17-,32-18+. The van der Waals surface area contributed by atoms with Crippen LogP contribution >= 0.6 is 0 Å². The zero-order valence-corrected chi connectivity index (χ0v) is 24.0. The SMILES string of the molecule is CCN1/C(=C\C=N\NC(=O)c2ccccc2)C(C)(Cc2cccc(S(=O)(=O)N(C)C)c2F)c2cc(OC)ccc21. The van der Waals surface area contributed by atoms with Gasteiger partial charge in [-0.15, -0.1) is 0 Å². The number of amides is 1. The molecule has 0 saturated heterocycles. The van der Waals surface area contributed by atoms with Crippen molar-refractivity contribution in [2.75, 3.05) is 32.6 Å². The average Bonchev–Trinajstić information content (AvgIpc) is 3.18. The Kier molecular flexibility index (Phi) is 8.41. The molecule has 0 aromatic heterocycles. The van der Waals surface area contributed by atoms with E-state index in [1.165, 1.54) is 26.4 Å². The number of nitrogens with zero attached hydrogens (tertiary/aromatic N) is 3. The maximum atomic E-state index is 15.8. The van der Waals surface area contributed by atoms with E-state index < -0.39 is 21.3 Å². The highest BCUT2D eigenvalue weighted by Gasteiger charge is 2.44. The van der Waals surface area contributed by atoms with Gasteiger partial charge < -0.3 is 9.64 Å². The molecule has 0 saturated carbocycles. The Morgan fingerprint density at radius 2 is 1.85 bits per heavy atom. The third-order valence-electron chi connectivity index (χ3n) is 7.12. The number of benzene rings is 3. The zero-order chi connectivity index (χ0) is 29.1. The summed E-state index contributed by atoms with van der Waals surface area (Å²) in [6.45, 7) is 4.60. The van der Waals surface area contributed by atoms with Crippen LogP contribution in [0, 0.1) is 5.82 Å². The van der Waals surface area contributed by atoms with Crippen LogP contribution in [-0.4, -0.2) is 52.6 Å². The molecule has 1 N–H and O–H groups in total. The van der Waals surface area contributed by atoms with Crippen molar-refractivity contribution in [3.63, 3.8) is 0 Å². The molecule has 1 atom stereocenters. The lowest BCUT2D eigenvalue weighted by molar-refractivity contribution is 0.0955. The number of allylic oxidation sites excluding steroid dienone is 2. The Morgan fingerprint density at radius 3 is 2.50 bits per heavy atom. The number of hydrogen-bond donors (Lipinski definition) is 1. The van der Waals surface area contributed by atoms with E-state index >= 15 is 4.39 Å². The maximum Gasteiger partial charge on any atom is 0.271 e. The molecule has 10 heteroatoms. The van der Waals surface area contributed by atoms with Crippen LogP contribution in [-0.2, 0) is 21.9 Å². The van der Waals surface area contributed by atoms with E-state index in [-0.39, 0.29) is 22.8 Å². The number of likely N-dealkylation sites (N-methyl/N-ethyl adjacent to an activating group) is 1. The summed E-state index contributed by atoms with van der Waals surface area (Å²) in [7, 11) is 0.349. The lowest BCUT2D eigenvalue weighted by Gasteiger charge is -2.30. The summed E-state index contributed by atoms with van der Waals surface area (Å²) in [6.07, 6.45) is 3.46. The first-order valence-electron chi connectivity index (χ1n) is 12.8. The average molecular weight is 565 g/mol. The van der Waals surface area contributed by atoms with Crippen molar-refractivity contribution in [3.05, 3.63) is 101 Å². The quantitative estimate of drug-likeness (QED) is 0.300. The van der Waals surface area contributed by atoms with Crippen LogP contribution in [0.2, 0.25) is 0 Å². The molecule has 3 aromatic carbocycles. The van der Waals surface area contributed by atoms with Crippen molar-refractivity contribution >= 4 is 27.8 Å². The Hall–Kier alpha value is -4.02. The molecule has 1 aliphatic heterocycles. The molecule has 0 bridgehead atoms. The van der Waals surface area contributed by atoms with Crippen molar-refractivity contribution in [3.8, 4) is 5.75 Å². The number of fused-ring (bicyclic) bond motifs is 1. The molecule has 4 rings (SSSR count). The Morgan fingerprint density at radius 1 is 1.12 bits per heavy atom. The fourth-order valence-electron chi connectivity index (χ4n) is 5.01. The van der Waals surface area contributed by atoms with E-state index in [1.54, 1.807) is 49.6 Å². The Labute approximate surface area is 234 Å². The fourth-order valence-corrected chi connectivity index (χ4v) is 6.01. The minimum Gasteiger partial charge on any atom is -0.497 e. The number of nitrogens with one attached hydrogen (secondary N) is 1. The number of ether oxygens (including phenoxy) is 1. The third kappa shape index (κ3) is 5.37. The summed E-state index contributed by atoms with van der Waals surface area (Å²) in [5, 5.41) is 4.12. The number of rotatable bonds is 9. The number of hydrogen-bond acceptors (Lipinski definition) is 6. The van der Waals surface area contributed by atoms with Gasteiger partial charge in [0.25, 0.3) is 5.91 Å². The van der Waals surface area contributed by atoms with Crippen LogP contribution in [0.5, 0.6) is 5.75 Å². The van der Waals surface area contributed by atoms with Crippen LogP contribution in [0.1, 0.15) is 35.3 Å². The molecule has 0 fully saturated rings. The first-order valence-corrected chi connectivity index (χ1v) is 14.2. The number of hydrazone groups is 1. The van der Waals surface area contributed by atoms with Crippen molar-refractivity contribution in [1.29, 1.82) is 0 Å². The summed E-state index contributed by atoms with van der Waals surface area (Å²) in [5.74, 6) is -0.471. The zero-order valence-electron chi connectivity index (χ0n) is 23.2. The molecular formula is C30H33FN4O4S. The largest absolute Gasteiger partial charge is 0.497 e. The normalized spacial score (nSPS) is 18.0. The molecular weight excluding hydrogens is 531 g/mol. The number of carbonyl (C=O) groups excluding carboxylic acids is 1. The van der Waals surface area contributed by atoms with Crippen molar-refractivity contribution in [2.24, 2.45) is 5.10 Å². The predicted octanol–water partition coefficient (Wildman–Crippen LogP) is 4.72. The lowest BCUT2D eigenvalue weighted by Crippen LogP contribution is -2.31. The van der Waals surface area contributed by atoms with E-state index in [4.69, 9.17) is 4.74 Å². The van der Waals surface area contributed by atoms with Crippen molar-refractivity contribution in [1.82, 2.24) is 9.73 Å². The number of carbonyl (C=O) groups is 1. The molecule has 40 heavy (non-hydrogen) atoms. The molecule has 1 heterocycles. The van der Waals surface area contributed by atoms with Gasteiger partial charge in [0.1, 0.15) is 16.5 Å². The Bertz CT molecular complexity index is 1570. The van der Waals surface area contributed by atoms with Gasteiger partial charge in [-0.25, -0.2) is 22.5 Å². The number of halogens is 1. The van der Waals surface area contributed by atoms with Gasteiger partial charge in [0.05, 0.1) is 7.11 Å². The van der Waals surface area contributed by atoms with E-state index in [0.717, 1.165) is 21.3 Å². The number of methoxy groups -OCH3 is 1. The van der Waals surface area contributed by atoms with Gasteiger partial charge in [-0.2, -0.15) is 5.10 Å². The number of anilines is 1. The predicted molar refractivity (Wildman–Crippen MR) is 155 cm³/mol. The molecule has 0 radical (unpaired) electrons. The highest BCUT2D eigenvalue weighted by molar-refractivity contribution is 7.89. The van der Waals surface area contributed by atoms with Crippen LogP contribution in [0.3, 0.4) is 0 Å². The third-order valence-corrected chi connectivity index (χ3v) is 8.95. The molecule has 1 amide bonds. The molecule has 8 nitrogen and oxygen atoms in total. The second-order valence-corrected chi connectivity index (χ2v) is 11.9. The van der Waals surface area contributed by atoms with Gasteiger partial charge in [-0.05, 0) is 73.9 Å². The first-order chi connectivity index (χ1) is 19.0. The van der Waals surface area contributed by atoms with Gasteiger partial charge in [-0.1, -0.05) is 30.3 Å². The van der Waals surface area contributed by atoms with E-state index in [0.29, 0.717) is 17.9 Å². The summed E-state index contributed by atoms with van der Waals surface area (Å²) in [4.78, 5) is 14.1. The van der Waals surface area contributed by atoms with Crippen molar-refractivity contribution < 1.29 is 22.3 Å². The van der Waals surface area contributed by atoms with Crippen molar-refractivity contribution in [2.45, 2.75) is 30.6 Å². The fraction of sp³-hybridized carbons (Fsp3) is 0.267. The summed E-state index contributed by atoms with van der Waals surface area (Å²) in [5.41, 5.74) is 5.14. The van der Waals surface area contributed by atoms with E-state index in [1.807, 2.05) is 38.1 Å².